The molecule has 0 aromatic heterocycles. The van der Waals surface area contributed by atoms with Crippen LogP contribution in [0.3, 0.4) is 0 Å². The van der Waals surface area contributed by atoms with Crippen LogP contribution in [0.5, 0.6) is 5.75 Å². The van der Waals surface area contributed by atoms with Crippen molar-refractivity contribution in [2.24, 2.45) is 0 Å². The van der Waals surface area contributed by atoms with Crippen LogP contribution in [0.25, 0.3) is 0 Å². The van der Waals surface area contributed by atoms with E-state index in [1.165, 1.54) is 36.0 Å². The maximum absolute atomic E-state index is 6.18. The van der Waals surface area contributed by atoms with E-state index < -0.39 is 0 Å². The standard InChI is InChI=1S/C17H16Cl2O/c18-10-15-5-2-6-16(19)17(15)20-11-12-7-8-13-3-1-4-14(13)9-12/h2,5-9H,1,3-4,10-11H2. The Kier molecular flexibility index (Phi) is 4.18. The van der Waals surface area contributed by atoms with Crippen LogP contribution < -0.4 is 4.74 Å². The van der Waals surface area contributed by atoms with Crippen molar-refractivity contribution in [3.05, 3.63) is 63.7 Å². The molecule has 0 radical (unpaired) electrons. The van der Waals surface area contributed by atoms with Gasteiger partial charge in [0.15, 0.2) is 0 Å². The van der Waals surface area contributed by atoms with Crippen molar-refractivity contribution in [3.8, 4) is 5.75 Å². The highest BCUT2D eigenvalue weighted by Gasteiger charge is 2.12. The van der Waals surface area contributed by atoms with Gasteiger partial charge in [0, 0.05) is 5.56 Å². The van der Waals surface area contributed by atoms with E-state index in [9.17, 15) is 0 Å². The van der Waals surface area contributed by atoms with Crippen molar-refractivity contribution >= 4 is 23.2 Å². The Morgan fingerprint density at radius 1 is 1.05 bits per heavy atom. The zero-order valence-electron chi connectivity index (χ0n) is 11.2. The van der Waals surface area contributed by atoms with E-state index in [4.69, 9.17) is 27.9 Å². The van der Waals surface area contributed by atoms with E-state index >= 15 is 0 Å². The number of fused-ring (bicyclic) bond motifs is 1. The Morgan fingerprint density at radius 3 is 2.75 bits per heavy atom. The average Bonchev–Trinajstić information content (AvgIpc) is 2.93. The number of halogens is 2. The van der Waals surface area contributed by atoms with Gasteiger partial charge in [-0.1, -0.05) is 41.9 Å². The summed E-state index contributed by atoms with van der Waals surface area (Å²) in [7, 11) is 0. The van der Waals surface area contributed by atoms with Gasteiger partial charge in [-0.15, -0.1) is 11.6 Å². The molecule has 0 unspecified atom stereocenters. The summed E-state index contributed by atoms with van der Waals surface area (Å²) in [4.78, 5) is 0. The number of alkyl halides is 1. The monoisotopic (exact) mass is 306 g/mol. The van der Waals surface area contributed by atoms with Gasteiger partial charge in [-0.05, 0) is 42.0 Å². The number of rotatable bonds is 4. The summed E-state index contributed by atoms with van der Waals surface area (Å²) in [6.07, 6.45) is 3.65. The van der Waals surface area contributed by atoms with Gasteiger partial charge in [-0.2, -0.15) is 0 Å². The molecule has 2 aromatic rings. The normalized spacial score (nSPS) is 13.3. The molecule has 1 nitrogen and oxygen atoms in total. The summed E-state index contributed by atoms with van der Waals surface area (Å²) < 4.78 is 5.89. The highest BCUT2D eigenvalue weighted by atomic mass is 35.5. The minimum atomic E-state index is 0.403. The topological polar surface area (TPSA) is 9.23 Å². The molecule has 3 heteroatoms. The van der Waals surface area contributed by atoms with E-state index in [1.807, 2.05) is 18.2 Å². The second kappa shape index (κ2) is 6.07. The van der Waals surface area contributed by atoms with Crippen molar-refractivity contribution in [2.75, 3.05) is 0 Å². The van der Waals surface area contributed by atoms with Gasteiger partial charge in [0.05, 0.1) is 10.9 Å². The minimum Gasteiger partial charge on any atom is -0.487 e. The minimum absolute atomic E-state index is 0.403. The molecule has 0 heterocycles. The number of para-hydroxylation sites is 1. The van der Waals surface area contributed by atoms with Crippen LogP contribution in [0.2, 0.25) is 5.02 Å². The number of hydrogen-bond acceptors (Lipinski definition) is 1. The highest BCUT2D eigenvalue weighted by molar-refractivity contribution is 6.32. The van der Waals surface area contributed by atoms with Crippen LogP contribution in [0.4, 0.5) is 0 Å². The van der Waals surface area contributed by atoms with Gasteiger partial charge in [-0.3, -0.25) is 0 Å². The summed E-state index contributed by atoms with van der Waals surface area (Å²) in [5, 5.41) is 0.615. The molecule has 20 heavy (non-hydrogen) atoms. The highest BCUT2D eigenvalue weighted by Crippen LogP contribution is 2.31. The maximum Gasteiger partial charge on any atom is 0.142 e. The molecule has 0 N–H and O–H groups in total. The zero-order valence-corrected chi connectivity index (χ0v) is 12.7. The molecule has 2 aromatic carbocycles. The van der Waals surface area contributed by atoms with Crippen molar-refractivity contribution in [3.63, 3.8) is 0 Å². The third-order valence-electron chi connectivity index (χ3n) is 3.74. The molecule has 3 rings (SSSR count). The second-order valence-electron chi connectivity index (χ2n) is 5.11. The summed E-state index contributed by atoms with van der Waals surface area (Å²) in [6, 6.07) is 12.3. The Hall–Kier alpha value is -1.18. The first kappa shape index (κ1) is 13.8. The number of benzene rings is 2. The van der Waals surface area contributed by atoms with E-state index in [0.29, 0.717) is 23.3 Å². The van der Waals surface area contributed by atoms with Crippen LogP contribution >= 0.6 is 23.2 Å². The van der Waals surface area contributed by atoms with Crippen LogP contribution in [-0.4, -0.2) is 0 Å². The van der Waals surface area contributed by atoms with Crippen molar-refractivity contribution in [2.45, 2.75) is 31.7 Å². The van der Waals surface area contributed by atoms with Gasteiger partial charge in [0.2, 0.25) is 0 Å². The van der Waals surface area contributed by atoms with Gasteiger partial charge >= 0.3 is 0 Å². The van der Waals surface area contributed by atoms with E-state index in [0.717, 1.165) is 5.56 Å². The predicted molar refractivity (Wildman–Crippen MR) is 83.8 cm³/mol. The van der Waals surface area contributed by atoms with Crippen molar-refractivity contribution in [1.82, 2.24) is 0 Å². The summed E-state index contributed by atoms with van der Waals surface area (Å²) in [5.41, 5.74) is 5.06. The fourth-order valence-electron chi connectivity index (χ4n) is 2.69. The Bertz CT molecular complexity index is 622. The molecule has 0 aliphatic heterocycles. The zero-order chi connectivity index (χ0) is 13.9. The lowest BCUT2D eigenvalue weighted by Crippen LogP contribution is -1.99. The molecule has 0 saturated carbocycles. The molecule has 0 bridgehead atoms. The summed E-state index contributed by atoms with van der Waals surface area (Å²) >= 11 is 12.1. The smallest absolute Gasteiger partial charge is 0.142 e. The van der Waals surface area contributed by atoms with Gasteiger partial charge in [0.25, 0.3) is 0 Å². The third kappa shape index (κ3) is 2.79. The van der Waals surface area contributed by atoms with E-state index in [2.05, 4.69) is 18.2 Å². The predicted octanol–water partition coefficient (Wildman–Crippen LogP) is 5.15. The molecular weight excluding hydrogens is 291 g/mol. The first-order chi connectivity index (χ1) is 9.78. The molecule has 1 aliphatic rings. The fourth-order valence-corrected chi connectivity index (χ4v) is 3.15. The van der Waals surface area contributed by atoms with Crippen molar-refractivity contribution in [1.29, 1.82) is 0 Å². The van der Waals surface area contributed by atoms with E-state index in [-0.39, 0.29) is 0 Å². The molecular formula is C17H16Cl2O. The molecule has 0 spiro atoms. The SMILES string of the molecule is ClCc1cccc(Cl)c1OCc1ccc2c(c1)CCC2. The largest absolute Gasteiger partial charge is 0.487 e. The van der Waals surface area contributed by atoms with Crippen molar-refractivity contribution < 1.29 is 4.74 Å². The average molecular weight is 307 g/mol. The van der Waals surface area contributed by atoms with Crippen LogP contribution in [0.1, 0.15) is 28.7 Å². The number of aryl methyl sites for hydroxylation is 2. The lowest BCUT2D eigenvalue weighted by Gasteiger charge is -2.12. The molecule has 1 aliphatic carbocycles. The Morgan fingerprint density at radius 2 is 1.90 bits per heavy atom. The molecule has 104 valence electrons. The Labute approximate surface area is 129 Å². The van der Waals surface area contributed by atoms with Crippen LogP contribution in [0.15, 0.2) is 36.4 Å². The van der Waals surface area contributed by atoms with Gasteiger partial charge < -0.3 is 4.74 Å². The first-order valence-corrected chi connectivity index (χ1v) is 7.76. The van der Waals surface area contributed by atoms with Crippen LogP contribution in [-0.2, 0) is 25.3 Å². The first-order valence-electron chi connectivity index (χ1n) is 6.85. The quantitative estimate of drug-likeness (QED) is 0.710. The number of hydrogen-bond donors (Lipinski definition) is 0. The van der Waals surface area contributed by atoms with E-state index in [1.54, 1.807) is 0 Å². The lowest BCUT2D eigenvalue weighted by atomic mass is 10.1. The lowest BCUT2D eigenvalue weighted by molar-refractivity contribution is 0.304. The Balaban J connectivity index is 1.77. The molecule has 0 atom stereocenters. The molecule has 0 saturated heterocycles. The summed E-state index contributed by atoms with van der Waals surface area (Å²) in [6.45, 7) is 0.529. The third-order valence-corrected chi connectivity index (χ3v) is 4.32. The second-order valence-corrected chi connectivity index (χ2v) is 5.78. The molecule has 0 amide bonds. The maximum atomic E-state index is 6.18. The van der Waals surface area contributed by atoms with Gasteiger partial charge in [-0.25, -0.2) is 0 Å². The van der Waals surface area contributed by atoms with Gasteiger partial charge in [0.1, 0.15) is 12.4 Å². The fraction of sp³-hybridized carbons (Fsp3) is 0.294. The summed E-state index contributed by atoms with van der Waals surface area (Å²) in [5.74, 6) is 1.10. The number of ether oxygens (including phenoxy) is 1. The molecule has 0 fully saturated rings. The van der Waals surface area contributed by atoms with Crippen LogP contribution in [0, 0.1) is 0 Å².